The fourth-order valence-corrected chi connectivity index (χ4v) is 2.17. The quantitative estimate of drug-likeness (QED) is 0.453. The third-order valence-corrected chi connectivity index (χ3v) is 3.03. The molecule has 1 rings (SSSR count). The van der Waals surface area contributed by atoms with Crippen LogP contribution in [0.25, 0.3) is 0 Å². The summed E-state index contributed by atoms with van der Waals surface area (Å²) in [6.07, 6.45) is 9.59. The van der Waals surface area contributed by atoms with Crippen molar-refractivity contribution in [3.8, 4) is 0 Å². The van der Waals surface area contributed by atoms with E-state index in [2.05, 4.69) is 18.4 Å². The van der Waals surface area contributed by atoms with Crippen LogP contribution in [0.1, 0.15) is 58.8 Å². The summed E-state index contributed by atoms with van der Waals surface area (Å²) in [6.45, 7) is 7.24. The van der Waals surface area contributed by atoms with E-state index in [4.69, 9.17) is 0 Å². The van der Waals surface area contributed by atoms with Crippen LogP contribution in [0.15, 0.2) is 0 Å². The fraction of sp³-hybridized carbons (Fsp3) is 0.917. The highest BCUT2D eigenvalue weighted by Crippen LogP contribution is 2.08. The van der Waals surface area contributed by atoms with E-state index in [0.717, 1.165) is 0 Å². The van der Waals surface area contributed by atoms with Crippen molar-refractivity contribution in [1.82, 2.24) is 0 Å². The minimum absolute atomic E-state index is 1.27. The number of rotatable bonds is 5. The summed E-state index contributed by atoms with van der Waals surface area (Å²) in [5.74, 6) is 0. The lowest BCUT2D eigenvalue weighted by molar-refractivity contribution is -0.508. The molecule has 1 nitrogen and oxygen atoms in total. The van der Waals surface area contributed by atoms with Crippen LogP contribution in [-0.4, -0.2) is 23.4 Å². The Balaban J connectivity index is 2.36. The zero-order valence-electron chi connectivity index (χ0n) is 9.31. The molecule has 0 spiro atoms. The Bertz CT molecular complexity index is 162. The predicted octanol–water partition coefficient (Wildman–Crippen LogP) is 3.22. The third kappa shape index (κ3) is 3.50. The van der Waals surface area contributed by atoms with Gasteiger partial charge in [0.25, 0.3) is 0 Å². The first kappa shape index (κ1) is 10.7. The summed E-state index contributed by atoms with van der Waals surface area (Å²) in [6, 6.07) is 0. The molecule has 0 atom stereocenters. The van der Waals surface area contributed by atoms with E-state index >= 15 is 0 Å². The van der Waals surface area contributed by atoms with Crippen LogP contribution in [0.2, 0.25) is 0 Å². The number of hydrogen-bond acceptors (Lipinski definition) is 0. The number of hydrogen-bond donors (Lipinski definition) is 0. The number of unbranched alkanes of at least 4 members (excludes halogenated alkanes) is 2. The van der Waals surface area contributed by atoms with E-state index in [1.165, 1.54) is 58.0 Å². The van der Waals surface area contributed by atoms with Gasteiger partial charge in [0.05, 0.1) is 0 Å². The molecule has 0 amide bonds. The Morgan fingerprint density at radius 1 is 1.08 bits per heavy atom. The molecule has 1 heterocycles. The van der Waals surface area contributed by atoms with Crippen molar-refractivity contribution in [2.75, 3.05) is 13.1 Å². The first-order valence-electron chi connectivity index (χ1n) is 5.98. The maximum atomic E-state index is 2.62. The van der Waals surface area contributed by atoms with E-state index in [-0.39, 0.29) is 0 Å². The van der Waals surface area contributed by atoms with Gasteiger partial charge in [-0.1, -0.05) is 26.7 Å². The minimum atomic E-state index is 1.27. The van der Waals surface area contributed by atoms with E-state index in [1.807, 2.05) is 0 Å². The van der Waals surface area contributed by atoms with Gasteiger partial charge in [-0.15, -0.1) is 0 Å². The third-order valence-electron chi connectivity index (χ3n) is 3.03. The molecule has 1 aliphatic rings. The highest BCUT2D eigenvalue weighted by Gasteiger charge is 2.17. The lowest BCUT2D eigenvalue weighted by atomic mass is 10.1. The molecule has 0 radical (unpaired) electrons. The lowest BCUT2D eigenvalue weighted by Gasteiger charge is -2.02. The van der Waals surface area contributed by atoms with Crippen LogP contribution in [0.4, 0.5) is 0 Å². The van der Waals surface area contributed by atoms with Gasteiger partial charge in [0.2, 0.25) is 0 Å². The molecule has 0 unspecified atom stereocenters. The SMILES string of the molecule is CCCCCC(CC)=[N+]1CCCC1. The smallest absolute Gasteiger partial charge is 0.151 e. The molecule has 1 fully saturated rings. The summed E-state index contributed by atoms with van der Waals surface area (Å²) in [5.41, 5.74) is 1.71. The van der Waals surface area contributed by atoms with Crippen molar-refractivity contribution in [3.63, 3.8) is 0 Å². The molecular weight excluding hydrogens is 158 g/mol. The van der Waals surface area contributed by atoms with E-state index in [0.29, 0.717) is 0 Å². The zero-order chi connectivity index (χ0) is 9.52. The maximum Gasteiger partial charge on any atom is 0.151 e. The van der Waals surface area contributed by atoms with Crippen molar-refractivity contribution >= 4 is 5.71 Å². The van der Waals surface area contributed by atoms with Gasteiger partial charge in [-0.25, -0.2) is 4.58 Å². The van der Waals surface area contributed by atoms with Gasteiger partial charge in [0.15, 0.2) is 5.71 Å². The Hall–Kier alpha value is -0.330. The van der Waals surface area contributed by atoms with Gasteiger partial charge in [-0.2, -0.15) is 0 Å². The second kappa shape index (κ2) is 6.17. The molecule has 1 aliphatic heterocycles. The van der Waals surface area contributed by atoms with Crippen molar-refractivity contribution in [1.29, 1.82) is 0 Å². The minimum Gasteiger partial charge on any atom is -0.237 e. The van der Waals surface area contributed by atoms with Crippen molar-refractivity contribution in [2.24, 2.45) is 0 Å². The van der Waals surface area contributed by atoms with Crippen LogP contribution in [0.5, 0.6) is 0 Å². The molecule has 0 N–H and O–H groups in total. The maximum absolute atomic E-state index is 2.62. The van der Waals surface area contributed by atoms with E-state index in [1.54, 1.807) is 5.71 Å². The molecule has 0 bridgehead atoms. The monoisotopic (exact) mass is 182 g/mol. The predicted molar refractivity (Wildman–Crippen MR) is 58.7 cm³/mol. The van der Waals surface area contributed by atoms with Gasteiger partial charge in [0.1, 0.15) is 13.1 Å². The highest BCUT2D eigenvalue weighted by atomic mass is 15.0. The van der Waals surface area contributed by atoms with Crippen molar-refractivity contribution < 1.29 is 4.58 Å². The Kier molecular flexibility index (Phi) is 5.10. The Morgan fingerprint density at radius 2 is 1.77 bits per heavy atom. The Labute approximate surface area is 82.9 Å². The van der Waals surface area contributed by atoms with Gasteiger partial charge in [-0.3, -0.25) is 0 Å². The van der Waals surface area contributed by atoms with Crippen molar-refractivity contribution in [2.45, 2.75) is 58.8 Å². The summed E-state index contributed by atoms with van der Waals surface area (Å²) in [5, 5.41) is 0. The van der Waals surface area contributed by atoms with Crippen LogP contribution >= 0.6 is 0 Å². The van der Waals surface area contributed by atoms with E-state index in [9.17, 15) is 0 Å². The topological polar surface area (TPSA) is 3.01 Å². The molecule has 0 aliphatic carbocycles. The summed E-state index contributed by atoms with van der Waals surface area (Å²) in [7, 11) is 0. The summed E-state index contributed by atoms with van der Waals surface area (Å²) in [4.78, 5) is 0. The standard InChI is InChI=1S/C12H24N/c1-3-5-6-9-12(4-2)13-10-7-8-11-13/h3-11H2,1-2H3/q+1. The second-order valence-electron chi connectivity index (χ2n) is 4.07. The average Bonchev–Trinajstić information content (AvgIpc) is 2.65. The highest BCUT2D eigenvalue weighted by molar-refractivity contribution is 5.79. The second-order valence-corrected chi connectivity index (χ2v) is 4.07. The first-order valence-corrected chi connectivity index (χ1v) is 5.98. The molecule has 0 aromatic carbocycles. The van der Waals surface area contributed by atoms with Gasteiger partial charge in [0, 0.05) is 25.7 Å². The molecule has 0 aromatic heterocycles. The first-order chi connectivity index (χ1) is 6.38. The van der Waals surface area contributed by atoms with E-state index < -0.39 is 0 Å². The average molecular weight is 182 g/mol. The molecule has 0 aromatic rings. The molecule has 1 heteroatoms. The largest absolute Gasteiger partial charge is 0.237 e. The lowest BCUT2D eigenvalue weighted by Crippen LogP contribution is -2.17. The molecule has 76 valence electrons. The van der Waals surface area contributed by atoms with Crippen LogP contribution in [0.3, 0.4) is 0 Å². The van der Waals surface area contributed by atoms with Crippen molar-refractivity contribution in [3.05, 3.63) is 0 Å². The molecule has 13 heavy (non-hydrogen) atoms. The van der Waals surface area contributed by atoms with Crippen LogP contribution in [0, 0.1) is 0 Å². The van der Waals surface area contributed by atoms with Crippen LogP contribution < -0.4 is 0 Å². The molecular formula is C12H24N+. The summed E-state index contributed by atoms with van der Waals surface area (Å²) >= 11 is 0. The molecule has 1 saturated heterocycles. The zero-order valence-corrected chi connectivity index (χ0v) is 9.31. The molecule has 0 saturated carbocycles. The normalized spacial score (nSPS) is 16.6. The van der Waals surface area contributed by atoms with Gasteiger partial charge < -0.3 is 0 Å². The van der Waals surface area contributed by atoms with Crippen LogP contribution in [-0.2, 0) is 0 Å². The summed E-state index contributed by atoms with van der Waals surface area (Å²) < 4.78 is 2.62. The Morgan fingerprint density at radius 3 is 2.31 bits per heavy atom. The van der Waals surface area contributed by atoms with Gasteiger partial charge >= 0.3 is 0 Å². The number of nitrogens with zero attached hydrogens (tertiary/aromatic N) is 1. The fourth-order valence-electron chi connectivity index (χ4n) is 2.17. The van der Waals surface area contributed by atoms with Gasteiger partial charge in [-0.05, 0) is 6.42 Å².